The van der Waals surface area contributed by atoms with E-state index in [1.165, 1.54) is 0 Å². The molecule has 22 heavy (non-hydrogen) atoms. The van der Waals surface area contributed by atoms with Gasteiger partial charge in [-0.2, -0.15) is 4.98 Å². The maximum atomic E-state index is 5.61. The van der Waals surface area contributed by atoms with Gasteiger partial charge in [-0.3, -0.25) is 9.58 Å². The molecule has 0 bridgehead atoms. The van der Waals surface area contributed by atoms with E-state index in [1.807, 2.05) is 13.2 Å². The highest BCUT2D eigenvalue weighted by Gasteiger charge is 2.36. The van der Waals surface area contributed by atoms with E-state index in [0.29, 0.717) is 12.4 Å². The molecule has 3 heterocycles. The molecule has 0 spiro atoms. The van der Waals surface area contributed by atoms with Crippen molar-refractivity contribution in [2.75, 3.05) is 20.2 Å². The highest BCUT2D eigenvalue weighted by Crippen LogP contribution is 2.29. The van der Waals surface area contributed by atoms with Crippen LogP contribution in [0.1, 0.15) is 43.1 Å². The maximum absolute atomic E-state index is 5.61. The number of hydrogen-bond acceptors (Lipinski definition) is 7. The van der Waals surface area contributed by atoms with Crippen LogP contribution in [0.15, 0.2) is 10.7 Å². The lowest BCUT2D eigenvalue weighted by molar-refractivity contribution is 0.0946. The lowest BCUT2D eigenvalue weighted by Crippen LogP contribution is -2.22. The van der Waals surface area contributed by atoms with E-state index in [9.17, 15) is 0 Å². The standard InChI is InChI=1S/C14H22N6O2/c1-9(2)14-15-13(22-17-14)8-20-5-10(12(7-20)21-4)11-6-19(3)18-16-11/h6,9-10,12H,5,7-8H2,1-4H3/t10-,12+/m0/s1. The number of methoxy groups -OCH3 is 1. The van der Waals surface area contributed by atoms with E-state index in [4.69, 9.17) is 9.26 Å². The summed E-state index contributed by atoms with van der Waals surface area (Å²) in [7, 11) is 3.61. The molecular formula is C14H22N6O2. The summed E-state index contributed by atoms with van der Waals surface area (Å²) in [6.07, 6.45) is 2.05. The fourth-order valence-electron chi connectivity index (χ4n) is 2.80. The van der Waals surface area contributed by atoms with Gasteiger partial charge < -0.3 is 9.26 Å². The molecule has 0 radical (unpaired) electrons. The predicted molar refractivity (Wildman–Crippen MR) is 78.2 cm³/mol. The molecule has 1 saturated heterocycles. The summed E-state index contributed by atoms with van der Waals surface area (Å²) in [6, 6.07) is 0. The van der Waals surface area contributed by atoms with E-state index in [-0.39, 0.29) is 17.9 Å². The predicted octanol–water partition coefficient (Wildman–Crippen LogP) is 0.936. The summed E-state index contributed by atoms with van der Waals surface area (Å²) in [5.41, 5.74) is 0.963. The lowest BCUT2D eigenvalue weighted by Gasteiger charge is -2.13. The summed E-state index contributed by atoms with van der Waals surface area (Å²) in [5.74, 6) is 1.89. The summed E-state index contributed by atoms with van der Waals surface area (Å²) >= 11 is 0. The molecule has 3 rings (SSSR count). The fraction of sp³-hybridized carbons (Fsp3) is 0.714. The third kappa shape index (κ3) is 3.02. The Bertz CT molecular complexity index is 622. The van der Waals surface area contributed by atoms with Crippen LogP contribution in [0.2, 0.25) is 0 Å². The van der Waals surface area contributed by atoms with Crippen LogP contribution in [-0.4, -0.2) is 56.3 Å². The first-order valence-electron chi connectivity index (χ1n) is 7.50. The molecule has 0 aromatic carbocycles. The number of ether oxygens (including phenoxy) is 1. The van der Waals surface area contributed by atoms with Crippen LogP contribution in [-0.2, 0) is 18.3 Å². The second kappa shape index (κ2) is 6.13. The number of hydrogen-bond donors (Lipinski definition) is 0. The van der Waals surface area contributed by atoms with E-state index in [0.717, 1.165) is 24.6 Å². The minimum Gasteiger partial charge on any atom is -0.379 e. The van der Waals surface area contributed by atoms with Gasteiger partial charge in [0.05, 0.1) is 18.3 Å². The van der Waals surface area contributed by atoms with Gasteiger partial charge in [0.25, 0.3) is 0 Å². The summed E-state index contributed by atoms with van der Waals surface area (Å²) in [4.78, 5) is 6.69. The first kappa shape index (κ1) is 15.1. The first-order chi connectivity index (χ1) is 10.6. The number of aryl methyl sites for hydroxylation is 1. The molecule has 2 aromatic heterocycles. The van der Waals surface area contributed by atoms with E-state index < -0.39 is 0 Å². The van der Waals surface area contributed by atoms with Gasteiger partial charge >= 0.3 is 0 Å². The van der Waals surface area contributed by atoms with Crippen LogP contribution in [0, 0.1) is 0 Å². The van der Waals surface area contributed by atoms with Crippen molar-refractivity contribution in [1.82, 2.24) is 30.0 Å². The van der Waals surface area contributed by atoms with Gasteiger partial charge in [0, 0.05) is 45.3 Å². The Hall–Kier alpha value is -1.80. The molecule has 1 aliphatic heterocycles. The number of nitrogens with zero attached hydrogens (tertiary/aromatic N) is 6. The molecule has 0 N–H and O–H groups in total. The minimum atomic E-state index is 0.101. The molecule has 120 valence electrons. The monoisotopic (exact) mass is 306 g/mol. The molecule has 1 aliphatic rings. The lowest BCUT2D eigenvalue weighted by atomic mass is 10.0. The zero-order chi connectivity index (χ0) is 15.7. The zero-order valence-electron chi connectivity index (χ0n) is 13.4. The van der Waals surface area contributed by atoms with Crippen molar-refractivity contribution in [2.24, 2.45) is 7.05 Å². The summed E-state index contributed by atoms with van der Waals surface area (Å²) in [6.45, 7) is 6.40. The first-order valence-corrected chi connectivity index (χ1v) is 7.50. The molecule has 8 nitrogen and oxygen atoms in total. The van der Waals surface area contributed by atoms with E-state index >= 15 is 0 Å². The van der Waals surface area contributed by atoms with Crippen LogP contribution in [0.3, 0.4) is 0 Å². The second-order valence-corrected chi connectivity index (χ2v) is 6.09. The van der Waals surface area contributed by atoms with Gasteiger partial charge in [0.2, 0.25) is 5.89 Å². The Morgan fingerprint density at radius 3 is 2.82 bits per heavy atom. The summed E-state index contributed by atoms with van der Waals surface area (Å²) in [5, 5.41) is 12.2. The van der Waals surface area contributed by atoms with Crippen molar-refractivity contribution in [2.45, 2.75) is 38.3 Å². The smallest absolute Gasteiger partial charge is 0.240 e. The van der Waals surface area contributed by atoms with Crippen molar-refractivity contribution in [3.05, 3.63) is 23.6 Å². The Balaban J connectivity index is 1.68. The van der Waals surface area contributed by atoms with E-state index in [2.05, 4.69) is 39.2 Å². The third-order valence-corrected chi connectivity index (χ3v) is 4.00. The van der Waals surface area contributed by atoms with Crippen LogP contribution < -0.4 is 0 Å². The van der Waals surface area contributed by atoms with Crippen LogP contribution in [0.25, 0.3) is 0 Å². The topological polar surface area (TPSA) is 82.1 Å². The molecule has 2 aromatic rings. The largest absolute Gasteiger partial charge is 0.379 e. The van der Waals surface area contributed by atoms with E-state index in [1.54, 1.807) is 11.8 Å². The van der Waals surface area contributed by atoms with Gasteiger partial charge in [0.15, 0.2) is 5.82 Å². The van der Waals surface area contributed by atoms with Gasteiger partial charge in [-0.05, 0) is 0 Å². The number of rotatable bonds is 5. The average molecular weight is 306 g/mol. The molecule has 1 fully saturated rings. The summed E-state index contributed by atoms with van der Waals surface area (Å²) < 4.78 is 12.7. The molecule has 2 atom stereocenters. The Labute approximate surface area is 129 Å². The van der Waals surface area contributed by atoms with Gasteiger partial charge in [-0.25, -0.2) is 0 Å². The van der Waals surface area contributed by atoms with Gasteiger partial charge in [-0.15, -0.1) is 5.10 Å². The highest BCUT2D eigenvalue weighted by atomic mass is 16.5. The van der Waals surface area contributed by atoms with Crippen molar-refractivity contribution < 1.29 is 9.26 Å². The molecule has 0 aliphatic carbocycles. The number of aromatic nitrogens is 5. The Morgan fingerprint density at radius 1 is 1.41 bits per heavy atom. The Kier molecular flexibility index (Phi) is 4.21. The second-order valence-electron chi connectivity index (χ2n) is 6.09. The van der Waals surface area contributed by atoms with Gasteiger partial charge in [0.1, 0.15) is 0 Å². The van der Waals surface area contributed by atoms with Crippen molar-refractivity contribution >= 4 is 0 Å². The molecule has 0 amide bonds. The Morgan fingerprint density at radius 2 is 2.23 bits per heavy atom. The minimum absolute atomic E-state index is 0.101. The van der Waals surface area contributed by atoms with Crippen LogP contribution >= 0.6 is 0 Å². The third-order valence-electron chi connectivity index (χ3n) is 4.00. The highest BCUT2D eigenvalue weighted by molar-refractivity contribution is 5.10. The normalized spacial score (nSPS) is 22.8. The number of likely N-dealkylation sites (tertiary alicyclic amines) is 1. The fourth-order valence-corrected chi connectivity index (χ4v) is 2.80. The van der Waals surface area contributed by atoms with Crippen molar-refractivity contribution in [1.29, 1.82) is 0 Å². The van der Waals surface area contributed by atoms with Crippen molar-refractivity contribution in [3.63, 3.8) is 0 Å². The average Bonchev–Trinajstić information content (AvgIpc) is 3.18. The zero-order valence-corrected chi connectivity index (χ0v) is 13.4. The molecule has 0 unspecified atom stereocenters. The molecule has 0 saturated carbocycles. The molecular weight excluding hydrogens is 284 g/mol. The van der Waals surface area contributed by atoms with Crippen LogP contribution in [0.5, 0.6) is 0 Å². The maximum Gasteiger partial charge on any atom is 0.240 e. The van der Waals surface area contributed by atoms with Crippen LogP contribution in [0.4, 0.5) is 0 Å². The van der Waals surface area contributed by atoms with Crippen molar-refractivity contribution in [3.8, 4) is 0 Å². The SMILES string of the molecule is CO[C@@H]1CN(Cc2nc(C(C)C)no2)C[C@H]1c1cn(C)nn1. The molecule has 8 heteroatoms. The van der Waals surface area contributed by atoms with Gasteiger partial charge in [-0.1, -0.05) is 24.2 Å². The quantitative estimate of drug-likeness (QED) is 0.813.